The van der Waals surface area contributed by atoms with E-state index in [0.717, 1.165) is 11.1 Å². The van der Waals surface area contributed by atoms with Crippen molar-refractivity contribution in [3.8, 4) is 0 Å². The Hall–Kier alpha value is -1.60. The van der Waals surface area contributed by atoms with E-state index in [0.29, 0.717) is 6.54 Å². The van der Waals surface area contributed by atoms with Gasteiger partial charge in [-0.25, -0.2) is 13.2 Å². The lowest BCUT2D eigenvalue weighted by atomic mass is 10.1. The number of amides is 1. The molecule has 1 amide bonds. The van der Waals surface area contributed by atoms with E-state index < -0.39 is 21.7 Å². The Morgan fingerprint density at radius 2 is 1.88 bits per heavy atom. The zero-order valence-electron chi connectivity index (χ0n) is 15.7. The smallest absolute Gasteiger partial charge is 0.410 e. The van der Waals surface area contributed by atoms with E-state index in [1.54, 1.807) is 4.90 Å². The molecule has 1 aromatic rings. The van der Waals surface area contributed by atoms with Crippen molar-refractivity contribution >= 4 is 16.1 Å². The fraction of sp³-hybridized carbons (Fsp3) is 0.611. The predicted molar refractivity (Wildman–Crippen MR) is 97.8 cm³/mol. The minimum atomic E-state index is -3.42. The minimum Gasteiger partial charge on any atom is -0.444 e. The van der Waals surface area contributed by atoms with Crippen LogP contribution >= 0.6 is 0 Å². The molecule has 1 aliphatic heterocycles. The molecule has 2 rings (SSSR count). The Labute approximate surface area is 150 Å². The van der Waals surface area contributed by atoms with Gasteiger partial charge in [-0.3, -0.25) is 0 Å². The minimum absolute atomic E-state index is 0.0150. The highest BCUT2D eigenvalue weighted by Gasteiger charge is 2.35. The Bertz CT molecular complexity index is 725. The van der Waals surface area contributed by atoms with Crippen molar-refractivity contribution in [1.29, 1.82) is 0 Å². The van der Waals surface area contributed by atoms with Gasteiger partial charge in [-0.05, 0) is 45.7 Å². The summed E-state index contributed by atoms with van der Waals surface area (Å²) in [6, 6.07) is 7.27. The van der Waals surface area contributed by atoms with Crippen LogP contribution < -0.4 is 0 Å². The number of piperazine rings is 1. The Kier molecular flexibility index (Phi) is 5.79. The van der Waals surface area contributed by atoms with Crippen LogP contribution in [0.15, 0.2) is 24.3 Å². The SMILES string of the molecule is Cc1ccccc1CS(=O)(=O)N1CCN(C(=O)OC(C)(C)C)C(C)C1. The van der Waals surface area contributed by atoms with Gasteiger partial charge in [-0.1, -0.05) is 24.3 Å². The third-order valence-electron chi connectivity index (χ3n) is 4.21. The number of sulfonamides is 1. The monoisotopic (exact) mass is 368 g/mol. The number of carbonyl (C=O) groups is 1. The maximum atomic E-state index is 12.7. The molecule has 1 aliphatic rings. The summed E-state index contributed by atoms with van der Waals surface area (Å²) >= 11 is 0. The van der Waals surface area contributed by atoms with E-state index in [2.05, 4.69) is 0 Å². The summed E-state index contributed by atoms with van der Waals surface area (Å²) in [6.07, 6.45) is -0.393. The van der Waals surface area contributed by atoms with Crippen LogP contribution in [0.25, 0.3) is 0 Å². The Morgan fingerprint density at radius 1 is 1.24 bits per heavy atom. The van der Waals surface area contributed by atoms with Gasteiger partial charge in [0, 0.05) is 25.7 Å². The molecule has 0 radical (unpaired) electrons. The van der Waals surface area contributed by atoms with Crippen LogP contribution in [0.5, 0.6) is 0 Å². The van der Waals surface area contributed by atoms with Crippen molar-refractivity contribution in [2.45, 2.75) is 52.0 Å². The van der Waals surface area contributed by atoms with Crippen LogP contribution in [0.1, 0.15) is 38.8 Å². The van der Waals surface area contributed by atoms with Crippen LogP contribution in [0.3, 0.4) is 0 Å². The van der Waals surface area contributed by atoms with E-state index in [4.69, 9.17) is 4.74 Å². The van der Waals surface area contributed by atoms with Crippen molar-refractivity contribution in [2.24, 2.45) is 0 Å². The van der Waals surface area contributed by atoms with Gasteiger partial charge in [0.1, 0.15) is 5.60 Å². The molecule has 1 saturated heterocycles. The lowest BCUT2D eigenvalue weighted by Gasteiger charge is -2.39. The second-order valence-electron chi connectivity index (χ2n) is 7.56. The first-order valence-corrected chi connectivity index (χ1v) is 10.1. The molecule has 0 saturated carbocycles. The van der Waals surface area contributed by atoms with Gasteiger partial charge in [-0.2, -0.15) is 4.31 Å². The number of aryl methyl sites for hydroxylation is 1. The number of ether oxygens (including phenoxy) is 1. The van der Waals surface area contributed by atoms with E-state index in [1.807, 2.05) is 58.9 Å². The molecule has 140 valence electrons. The van der Waals surface area contributed by atoms with Gasteiger partial charge in [0.05, 0.1) is 5.75 Å². The van der Waals surface area contributed by atoms with Crippen LogP contribution in [-0.2, 0) is 20.5 Å². The second kappa shape index (κ2) is 7.33. The van der Waals surface area contributed by atoms with Crippen LogP contribution in [0.2, 0.25) is 0 Å². The number of hydrogen-bond acceptors (Lipinski definition) is 4. The third-order valence-corrected chi connectivity index (χ3v) is 6.01. The molecule has 7 heteroatoms. The fourth-order valence-corrected chi connectivity index (χ4v) is 4.53. The molecule has 0 spiro atoms. The summed E-state index contributed by atoms with van der Waals surface area (Å²) in [5, 5.41) is 0. The van der Waals surface area contributed by atoms with Crippen molar-refractivity contribution < 1.29 is 17.9 Å². The van der Waals surface area contributed by atoms with Crippen molar-refractivity contribution in [3.63, 3.8) is 0 Å². The standard InChI is InChI=1S/C18H28N2O4S/c1-14-8-6-7-9-16(14)13-25(22,23)19-10-11-20(15(2)12-19)17(21)24-18(3,4)5/h6-9,15H,10-13H2,1-5H3. The molecule has 25 heavy (non-hydrogen) atoms. The molecule has 1 fully saturated rings. The number of benzene rings is 1. The van der Waals surface area contributed by atoms with Crippen LogP contribution in [-0.4, -0.2) is 55.0 Å². The molecule has 1 atom stereocenters. The number of nitrogens with zero attached hydrogens (tertiary/aromatic N) is 2. The first-order valence-electron chi connectivity index (χ1n) is 8.51. The molecule has 0 aliphatic carbocycles. The average molecular weight is 368 g/mol. The summed E-state index contributed by atoms with van der Waals surface area (Å²) < 4.78 is 32.4. The number of rotatable bonds is 3. The van der Waals surface area contributed by atoms with E-state index in [9.17, 15) is 13.2 Å². The molecule has 0 aromatic heterocycles. The average Bonchev–Trinajstić information content (AvgIpc) is 2.47. The first kappa shape index (κ1) is 19.7. The zero-order valence-corrected chi connectivity index (χ0v) is 16.5. The second-order valence-corrected chi connectivity index (χ2v) is 9.53. The summed E-state index contributed by atoms with van der Waals surface area (Å²) in [7, 11) is -3.42. The highest BCUT2D eigenvalue weighted by atomic mass is 32.2. The highest BCUT2D eigenvalue weighted by Crippen LogP contribution is 2.20. The molecule has 1 unspecified atom stereocenters. The van der Waals surface area contributed by atoms with Gasteiger partial charge >= 0.3 is 6.09 Å². The molecule has 0 N–H and O–H groups in total. The molecule has 1 aromatic carbocycles. The maximum Gasteiger partial charge on any atom is 0.410 e. The lowest BCUT2D eigenvalue weighted by Crippen LogP contribution is -2.56. The maximum absolute atomic E-state index is 12.7. The van der Waals surface area contributed by atoms with Crippen LogP contribution in [0, 0.1) is 6.92 Å². The zero-order chi connectivity index (χ0) is 18.8. The summed E-state index contributed by atoms with van der Waals surface area (Å²) in [5.41, 5.74) is 1.21. The first-order chi connectivity index (χ1) is 11.5. The molecule has 6 nitrogen and oxygen atoms in total. The molecule has 1 heterocycles. The van der Waals surface area contributed by atoms with Gasteiger partial charge in [0.2, 0.25) is 10.0 Å². The van der Waals surface area contributed by atoms with Crippen molar-refractivity contribution in [3.05, 3.63) is 35.4 Å². The van der Waals surface area contributed by atoms with Gasteiger partial charge in [0.15, 0.2) is 0 Å². The Morgan fingerprint density at radius 3 is 2.44 bits per heavy atom. The fourth-order valence-electron chi connectivity index (χ4n) is 2.83. The van der Waals surface area contributed by atoms with E-state index >= 15 is 0 Å². The molecule has 0 bridgehead atoms. The largest absolute Gasteiger partial charge is 0.444 e. The molecular formula is C18H28N2O4S. The van der Waals surface area contributed by atoms with E-state index in [1.165, 1.54) is 4.31 Å². The quantitative estimate of drug-likeness (QED) is 0.823. The normalized spacial score (nSPS) is 19.7. The highest BCUT2D eigenvalue weighted by molar-refractivity contribution is 7.88. The topological polar surface area (TPSA) is 66.9 Å². The summed E-state index contributed by atoms with van der Waals surface area (Å²) in [4.78, 5) is 13.9. The van der Waals surface area contributed by atoms with Gasteiger partial charge in [-0.15, -0.1) is 0 Å². The van der Waals surface area contributed by atoms with Crippen molar-refractivity contribution in [2.75, 3.05) is 19.6 Å². The van der Waals surface area contributed by atoms with Crippen molar-refractivity contribution in [1.82, 2.24) is 9.21 Å². The van der Waals surface area contributed by atoms with Gasteiger partial charge in [0.25, 0.3) is 0 Å². The Balaban J connectivity index is 2.04. The summed E-state index contributed by atoms with van der Waals surface area (Å²) in [6.45, 7) is 10.1. The lowest BCUT2D eigenvalue weighted by molar-refractivity contribution is 0.00857. The van der Waals surface area contributed by atoms with Gasteiger partial charge < -0.3 is 9.64 Å². The summed E-state index contributed by atoms with van der Waals surface area (Å²) in [5.74, 6) is -0.0150. The van der Waals surface area contributed by atoms with Crippen LogP contribution in [0.4, 0.5) is 4.79 Å². The number of hydrogen-bond donors (Lipinski definition) is 0. The predicted octanol–water partition coefficient (Wildman–Crippen LogP) is 2.77. The third kappa shape index (κ3) is 5.19. The number of carbonyl (C=O) groups excluding carboxylic acids is 1. The molecular weight excluding hydrogens is 340 g/mol. The van der Waals surface area contributed by atoms with E-state index in [-0.39, 0.29) is 24.9 Å².